The zero-order chi connectivity index (χ0) is 15.4. The minimum Gasteiger partial charge on any atom is -0.365 e. The lowest BCUT2D eigenvalue weighted by molar-refractivity contribution is -0.128. The SMILES string of the molecule is O=C1CCCN1Cc1cccc(CNc2cncc(Cl)n2)c1. The maximum atomic E-state index is 11.7. The van der Waals surface area contributed by atoms with Crippen molar-refractivity contribution in [3.05, 3.63) is 52.9 Å². The highest BCUT2D eigenvalue weighted by Gasteiger charge is 2.19. The van der Waals surface area contributed by atoms with Gasteiger partial charge in [-0.05, 0) is 17.5 Å². The highest BCUT2D eigenvalue weighted by atomic mass is 35.5. The standard InChI is InChI=1S/C16H17ClN4O/c17-14-9-18-10-15(20-14)19-8-12-3-1-4-13(7-12)11-21-6-2-5-16(21)22/h1,3-4,7,9-10H,2,5-6,8,11H2,(H,19,20). The van der Waals surface area contributed by atoms with Gasteiger partial charge in [0.05, 0.1) is 12.4 Å². The van der Waals surface area contributed by atoms with Gasteiger partial charge in [-0.3, -0.25) is 9.78 Å². The molecule has 0 radical (unpaired) electrons. The molecule has 1 aromatic carbocycles. The van der Waals surface area contributed by atoms with E-state index in [0.29, 0.717) is 30.5 Å². The second-order valence-electron chi connectivity index (χ2n) is 5.32. The number of nitrogens with zero attached hydrogens (tertiary/aromatic N) is 3. The first-order valence-corrected chi connectivity index (χ1v) is 7.65. The van der Waals surface area contributed by atoms with E-state index < -0.39 is 0 Å². The summed E-state index contributed by atoms with van der Waals surface area (Å²) in [6.45, 7) is 2.18. The number of aromatic nitrogens is 2. The van der Waals surface area contributed by atoms with Crippen LogP contribution in [-0.2, 0) is 17.9 Å². The third-order valence-corrected chi connectivity index (χ3v) is 3.80. The molecule has 0 atom stereocenters. The molecule has 2 heterocycles. The van der Waals surface area contributed by atoms with Crippen LogP contribution < -0.4 is 5.32 Å². The minimum atomic E-state index is 0.248. The Morgan fingerprint density at radius 3 is 2.91 bits per heavy atom. The van der Waals surface area contributed by atoms with Gasteiger partial charge in [-0.2, -0.15) is 0 Å². The van der Waals surface area contributed by atoms with Crippen molar-refractivity contribution in [1.29, 1.82) is 0 Å². The number of nitrogens with one attached hydrogen (secondary N) is 1. The first-order chi connectivity index (χ1) is 10.7. The summed E-state index contributed by atoms with van der Waals surface area (Å²) in [7, 11) is 0. The van der Waals surface area contributed by atoms with Crippen molar-refractivity contribution in [1.82, 2.24) is 14.9 Å². The fourth-order valence-corrected chi connectivity index (χ4v) is 2.70. The number of carbonyl (C=O) groups excluding carboxylic acids is 1. The molecule has 0 aliphatic carbocycles. The van der Waals surface area contributed by atoms with Crippen molar-refractivity contribution in [2.75, 3.05) is 11.9 Å². The fraction of sp³-hybridized carbons (Fsp3) is 0.312. The number of carbonyl (C=O) groups is 1. The molecule has 1 N–H and O–H groups in total. The van der Waals surface area contributed by atoms with E-state index in [1.54, 1.807) is 6.20 Å². The molecule has 1 saturated heterocycles. The van der Waals surface area contributed by atoms with Crippen molar-refractivity contribution in [3.8, 4) is 0 Å². The van der Waals surface area contributed by atoms with Crippen LogP contribution in [0.15, 0.2) is 36.7 Å². The predicted molar refractivity (Wildman–Crippen MR) is 85.5 cm³/mol. The maximum Gasteiger partial charge on any atom is 0.222 e. The van der Waals surface area contributed by atoms with Gasteiger partial charge in [0.15, 0.2) is 0 Å². The van der Waals surface area contributed by atoms with Crippen molar-refractivity contribution in [3.63, 3.8) is 0 Å². The Morgan fingerprint density at radius 1 is 1.27 bits per heavy atom. The highest BCUT2D eigenvalue weighted by molar-refractivity contribution is 6.29. The molecule has 5 nitrogen and oxygen atoms in total. The number of rotatable bonds is 5. The lowest BCUT2D eigenvalue weighted by atomic mass is 10.1. The fourth-order valence-electron chi connectivity index (χ4n) is 2.55. The number of likely N-dealkylation sites (tertiary alicyclic amines) is 1. The molecule has 114 valence electrons. The first-order valence-electron chi connectivity index (χ1n) is 7.28. The van der Waals surface area contributed by atoms with E-state index in [4.69, 9.17) is 11.6 Å². The van der Waals surface area contributed by atoms with Crippen LogP contribution in [0.3, 0.4) is 0 Å². The summed E-state index contributed by atoms with van der Waals surface area (Å²) < 4.78 is 0. The van der Waals surface area contributed by atoms with Crippen LogP contribution in [0.2, 0.25) is 5.15 Å². The van der Waals surface area contributed by atoms with Crippen molar-refractivity contribution < 1.29 is 4.79 Å². The highest BCUT2D eigenvalue weighted by Crippen LogP contribution is 2.16. The predicted octanol–water partition coefficient (Wildman–Crippen LogP) is 2.86. The van der Waals surface area contributed by atoms with Gasteiger partial charge in [-0.1, -0.05) is 35.9 Å². The topological polar surface area (TPSA) is 58.1 Å². The van der Waals surface area contributed by atoms with Crippen LogP contribution in [-0.4, -0.2) is 27.3 Å². The molecule has 0 saturated carbocycles. The van der Waals surface area contributed by atoms with Crippen LogP contribution in [0.4, 0.5) is 5.82 Å². The molecule has 0 bridgehead atoms. The molecule has 3 rings (SSSR count). The van der Waals surface area contributed by atoms with Crippen LogP contribution in [0.25, 0.3) is 0 Å². The summed E-state index contributed by atoms with van der Waals surface area (Å²) in [5, 5.41) is 3.56. The molecule has 1 aliphatic heterocycles. The molecule has 0 spiro atoms. The Kier molecular flexibility index (Phi) is 4.53. The number of hydrogen-bond acceptors (Lipinski definition) is 4. The molecular weight excluding hydrogens is 300 g/mol. The zero-order valence-corrected chi connectivity index (χ0v) is 12.9. The molecule has 1 fully saturated rings. The third kappa shape index (κ3) is 3.74. The largest absolute Gasteiger partial charge is 0.365 e. The van der Waals surface area contributed by atoms with E-state index in [1.165, 1.54) is 6.20 Å². The van der Waals surface area contributed by atoms with Gasteiger partial charge in [-0.25, -0.2) is 4.98 Å². The quantitative estimate of drug-likeness (QED) is 0.921. The average molecular weight is 317 g/mol. The van der Waals surface area contributed by atoms with Gasteiger partial charge in [0.1, 0.15) is 11.0 Å². The molecule has 2 aromatic rings. The summed E-state index contributed by atoms with van der Waals surface area (Å²) >= 11 is 5.81. The lowest BCUT2D eigenvalue weighted by Gasteiger charge is -2.16. The Balaban J connectivity index is 1.62. The Hall–Kier alpha value is -2.14. The van der Waals surface area contributed by atoms with E-state index in [1.807, 2.05) is 23.1 Å². The van der Waals surface area contributed by atoms with Gasteiger partial charge in [-0.15, -0.1) is 0 Å². The molecular formula is C16H17ClN4O. The second-order valence-corrected chi connectivity index (χ2v) is 5.71. The summed E-state index contributed by atoms with van der Waals surface area (Å²) in [4.78, 5) is 21.7. The Bertz CT molecular complexity index is 677. The molecule has 1 aliphatic rings. The van der Waals surface area contributed by atoms with Crippen molar-refractivity contribution in [2.24, 2.45) is 0 Å². The van der Waals surface area contributed by atoms with Gasteiger partial charge < -0.3 is 10.2 Å². The van der Waals surface area contributed by atoms with E-state index >= 15 is 0 Å². The lowest BCUT2D eigenvalue weighted by Crippen LogP contribution is -2.23. The average Bonchev–Trinajstić information content (AvgIpc) is 2.91. The smallest absolute Gasteiger partial charge is 0.222 e. The van der Waals surface area contributed by atoms with Crippen LogP contribution in [0.1, 0.15) is 24.0 Å². The van der Waals surface area contributed by atoms with Gasteiger partial charge in [0.2, 0.25) is 5.91 Å². The maximum absolute atomic E-state index is 11.7. The van der Waals surface area contributed by atoms with Crippen LogP contribution >= 0.6 is 11.6 Å². The number of halogens is 1. The number of benzene rings is 1. The molecule has 0 unspecified atom stereocenters. The van der Waals surface area contributed by atoms with Crippen LogP contribution in [0, 0.1) is 0 Å². The molecule has 1 aromatic heterocycles. The third-order valence-electron chi connectivity index (χ3n) is 3.61. The second kappa shape index (κ2) is 6.75. The summed E-state index contributed by atoms with van der Waals surface area (Å²) in [5.41, 5.74) is 2.28. The summed E-state index contributed by atoms with van der Waals surface area (Å²) in [6, 6.07) is 8.21. The van der Waals surface area contributed by atoms with Gasteiger partial charge in [0, 0.05) is 26.1 Å². The number of hydrogen-bond donors (Lipinski definition) is 1. The van der Waals surface area contributed by atoms with Crippen molar-refractivity contribution in [2.45, 2.75) is 25.9 Å². The summed E-state index contributed by atoms with van der Waals surface area (Å²) in [5.74, 6) is 0.894. The van der Waals surface area contributed by atoms with Crippen LogP contribution in [0.5, 0.6) is 0 Å². The normalized spacial score (nSPS) is 14.4. The zero-order valence-electron chi connectivity index (χ0n) is 12.1. The molecule has 22 heavy (non-hydrogen) atoms. The first kappa shape index (κ1) is 14.8. The number of amides is 1. The number of anilines is 1. The Morgan fingerprint density at radius 2 is 2.14 bits per heavy atom. The monoisotopic (exact) mass is 316 g/mol. The van der Waals surface area contributed by atoms with Crippen molar-refractivity contribution >= 4 is 23.3 Å². The summed E-state index contributed by atoms with van der Waals surface area (Å²) in [6.07, 6.45) is 4.78. The van der Waals surface area contributed by atoms with E-state index in [0.717, 1.165) is 24.1 Å². The van der Waals surface area contributed by atoms with Gasteiger partial charge in [0.25, 0.3) is 0 Å². The van der Waals surface area contributed by atoms with E-state index in [9.17, 15) is 4.79 Å². The van der Waals surface area contributed by atoms with E-state index in [-0.39, 0.29) is 5.91 Å². The Labute approximate surface area is 134 Å². The molecule has 6 heteroatoms. The van der Waals surface area contributed by atoms with E-state index in [2.05, 4.69) is 21.4 Å². The molecule has 1 amide bonds. The minimum absolute atomic E-state index is 0.248. The van der Waals surface area contributed by atoms with Gasteiger partial charge >= 0.3 is 0 Å².